The maximum Gasteiger partial charge on any atom is 0.241 e. The summed E-state index contributed by atoms with van der Waals surface area (Å²) in [4.78, 5) is 13.7. The van der Waals surface area contributed by atoms with Crippen LogP contribution >= 0.6 is 11.6 Å². The molecule has 2 aliphatic heterocycles. The minimum atomic E-state index is -3.38. The van der Waals surface area contributed by atoms with Gasteiger partial charge in [0.05, 0.1) is 22.9 Å². The number of ether oxygens (including phenoxy) is 1. The first-order valence-electron chi connectivity index (χ1n) is 15.7. The van der Waals surface area contributed by atoms with E-state index in [9.17, 15) is 17.6 Å². The van der Waals surface area contributed by atoms with E-state index in [4.69, 9.17) is 22.1 Å². The molecule has 1 saturated carbocycles. The first-order chi connectivity index (χ1) is 21.1. The summed E-state index contributed by atoms with van der Waals surface area (Å²) in [5.74, 6) is -1.92. The number of nitrogens with one attached hydrogen (secondary N) is 2. The molecule has 242 valence electrons. The Kier molecular flexibility index (Phi) is 11.0. The summed E-state index contributed by atoms with van der Waals surface area (Å²) >= 11 is 5.97. The van der Waals surface area contributed by atoms with Gasteiger partial charge in [-0.3, -0.25) is 4.79 Å². The Balaban J connectivity index is 1.33. The highest BCUT2D eigenvalue weighted by Crippen LogP contribution is 2.40. The fraction of sp³-hybridized carbons (Fsp3) is 0.594. The summed E-state index contributed by atoms with van der Waals surface area (Å²) < 4.78 is 63.0. The molecule has 5 atom stereocenters. The van der Waals surface area contributed by atoms with Gasteiger partial charge in [-0.1, -0.05) is 23.7 Å². The Morgan fingerprint density at radius 1 is 1.16 bits per heavy atom. The molecule has 2 heterocycles. The van der Waals surface area contributed by atoms with E-state index in [0.29, 0.717) is 49.4 Å². The van der Waals surface area contributed by atoms with Crippen LogP contribution in [0.2, 0.25) is 5.02 Å². The number of carbonyl (C=O) groups is 1. The highest BCUT2D eigenvalue weighted by molar-refractivity contribution is 7.89. The topological polar surface area (TPSA) is 114 Å². The molecule has 2 saturated heterocycles. The van der Waals surface area contributed by atoms with E-state index in [1.54, 1.807) is 16.4 Å². The standard InChI is InChI=1S/C32H43ClF2N4O4S/c1-2-43-24-12-8-20(9-13-24)30(21-10-15-26(33)28(35)17-21)31(36)32(40)38-29-7-3-6-27(34)25(29)14-11-23-18-37-22-5-4-16-44(41,42)39(23)19-22/h3,6-7,10,15,17,20,22-24,30-31,37H,2,4-5,8-9,11-14,16,18-19,36H2,1H3,(H,38,40)/t20?,22-,23+,24?,30?,31+/m1/s1. The third-order valence-corrected chi connectivity index (χ3v) is 11.8. The summed E-state index contributed by atoms with van der Waals surface area (Å²) in [6, 6.07) is 7.81. The van der Waals surface area contributed by atoms with Gasteiger partial charge in [0, 0.05) is 48.9 Å². The number of hydrogen-bond acceptors (Lipinski definition) is 6. The zero-order valence-electron chi connectivity index (χ0n) is 25.1. The molecular weight excluding hydrogens is 610 g/mol. The van der Waals surface area contributed by atoms with Gasteiger partial charge in [-0.2, -0.15) is 4.31 Å². The first kappa shape index (κ1) is 33.2. The van der Waals surface area contributed by atoms with Gasteiger partial charge in [-0.05, 0) is 94.0 Å². The number of piperazine rings is 1. The van der Waals surface area contributed by atoms with E-state index < -0.39 is 39.5 Å². The summed E-state index contributed by atoms with van der Waals surface area (Å²) in [6.45, 7) is 3.51. The molecule has 5 rings (SSSR count). The lowest BCUT2D eigenvalue weighted by Crippen LogP contribution is -2.57. The lowest BCUT2D eigenvalue weighted by molar-refractivity contribution is -0.118. The van der Waals surface area contributed by atoms with Crippen LogP contribution in [0.4, 0.5) is 14.5 Å². The number of amides is 1. The molecule has 2 unspecified atom stereocenters. The van der Waals surface area contributed by atoms with Crippen molar-refractivity contribution in [3.63, 3.8) is 0 Å². The fourth-order valence-electron chi connectivity index (χ4n) is 7.21. The molecule has 3 fully saturated rings. The molecule has 0 radical (unpaired) electrons. The maximum absolute atomic E-state index is 15.2. The largest absolute Gasteiger partial charge is 0.379 e. The Labute approximate surface area is 264 Å². The zero-order valence-corrected chi connectivity index (χ0v) is 26.7. The highest BCUT2D eigenvalue weighted by Gasteiger charge is 2.39. The average Bonchev–Trinajstić information content (AvgIpc) is 3.11. The van der Waals surface area contributed by atoms with Crippen LogP contribution in [-0.4, -0.2) is 68.3 Å². The van der Waals surface area contributed by atoms with E-state index in [0.717, 1.165) is 32.1 Å². The third kappa shape index (κ3) is 7.62. The predicted molar refractivity (Wildman–Crippen MR) is 168 cm³/mol. The Bertz CT molecular complexity index is 1420. The molecule has 8 nitrogen and oxygen atoms in total. The lowest BCUT2D eigenvalue weighted by atomic mass is 9.72. The number of anilines is 1. The van der Waals surface area contributed by atoms with Crippen molar-refractivity contribution in [2.24, 2.45) is 11.7 Å². The van der Waals surface area contributed by atoms with E-state index >= 15 is 4.39 Å². The van der Waals surface area contributed by atoms with Crippen molar-refractivity contribution >= 4 is 33.2 Å². The average molecular weight is 653 g/mol. The zero-order chi connectivity index (χ0) is 31.4. The normalized spacial score (nSPS) is 28.1. The van der Waals surface area contributed by atoms with Gasteiger partial charge in [-0.25, -0.2) is 17.2 Å². The second-order valence-corrected chi connectivity index (χ2v) is 14.7. The van der Waals surface area contributed by atoms with Crippen molar-refractivity contribution in [3.05, 3.63) is 64.2 Å². The highest BCUT2D eigenvalue weighted by atomic mass is 35.5. The molecule has 44 heavy (non-hydrogen) atoms. The first-order valence-corrected chi connectivity index (χ1v) is 17.7. The number of hydrogen-bond donors (Lipinski definition) is 3. The number of fused-ring (bicyclic) bond motifs is 2. The number of rotatable bonds is 10. The van der Waals surface area contributed by atoms with Gasteiger partial charge in [0.15, 0.2) is 0 Å². The van der Waals surface area contributed by atoms with Gasteiger partial charge in [-0.15, -0.1) is 0 Å². The van der Waals surface area contributed by atoms with Crippen LogP contribution in [0.25, 0.3) is 0 Å². The van der Waals surface area contributed by atoms with Crippen LogP contribution in [0.1, 0.15) is 68.9 Å². The van der Waals surface area contributed by atoms with Crippen LogP contribution in [0, 0.1) is 17.6 Å². The number of sulfonamides is 1. The fourth-order valence-corrected chi connectivity index (χ4v) is 9.13. The minimum absolute atomic E-state index is 0.00774. The number of carbonyl (C=O) groups excluding carboxylic acids is 1. The maximum atomic E-state index is 15.2. The second kappa shape index (κ2) is 14.5. The van der Waals surface area contributed by atoms with Crippen molar-refractivity contribution in [1.82, 2.24) is 9.62 Å². The lowest BCUT2D eigenvalue weighted by Gasteiger charge is -2.37. The molecule has 4 N–H and O–H groups in total. The van der Waals surface area contributed by atoms with Crippen LogP contribution in [-0.2, 0) is 26.0 Å². The van der Waals surface area contributed by atoms with Crippen molar-refractivity contribution < 1.29 is 26.7 Å². The Morgan fingerprint density at radius 2 is 1.93 bits per heavy atom. The summed E-state index contributed by atoms with van der Waals surface area (Å²) in [5.41, 5.74) is 7.85. The summed E-state index contributed by atoms with van der Waals surface area (Å²) in [5, 5.41) is 6.29. The van der Waals surface area contributed by atoms with E-state index in [-0.39, 0.29) is 41.3 Å². The Morgan fingerprint density at radius 3 is 2.66 bits per heavy atom. The third-order valence-electron chi connectivity index (χ3n) is 9.51. The van der Waals surface area contributed by atoms with E-state index in [1.165, 1.54) is 24.3 Å². The van der Waals surface area contributed by atoms with Gasteiger partial charge in [0.2, 0.25) is 15.9 Å². The smallest absolute Gasteiger partial charge is 0.241 e. The van der Waals surface area contributed by atoms with E-state index in [2.05, 4.69) is 10.6 Å². The SMILES string of the molecule is CCOC1CCC(C(c2ccc(Cl)c(F)c2)[C@H](N)C(=O)Nc2cccc(F)c2CC[C@H]2CN[C@@H]3CCCS(=O)(=O)N2C3)CC1. The molecule has 12 heteroatoms. The molecule has 1 amide bonds. The van der Waals surface area contributed by atoms with Crippen LogP contribution in [0.3, 0.4) is 0 Å². The van der Waals surface area contributed by atoms with Gasteiger partial charge in [0.25, 0.3) is 0 Å². The van der Waals surface area contributed by atoms with Crippen LogP contribution in [0.5, 0.6) is 0 Å². The number of halogens is 3. The molecule has 2 aromatic carbocycles. The van der Waals surface area contributed by atoms with Gasteiger partial charge >= 0.3 is 0 Å². The van der Waals surface area contributed by atoms with Crippen molar-refractivity contribution in [1.29, 1.82) is 0 Å². The predicted octanol–water partition coefficient (Wildman–Crippen LogP) is 4.96. The van der Waals surface area contributed by atoms with Crippen LogP contribution in [0.15, 0.2) is 36.4 Å². The number of nitrogens with two attached hydrogens (primary N) is 1. The van der Waals surface area contributed by atoms with Gasteiger partial charge in [0.1, 0.15) is 11.6 Å². The number of nitrogens with zero attached hydrogens (tertiary/aromatic N) is 1. The van der Waals surface area contributed by atoms with Gasteiger partial charge < -0.3 is 21.1 Å². The Hall–Kier alpha value is -2.15. The van der Waals surface area contributed by atoms with Crippen molar-refractivity contribution in [3.8, 4) is 0 Å². The quantitative estimate of drug-likeness (QED) is 0.334. The molecule has 2 aromatic rings. The molecule has 0 spiro atoms. The molecule has 2 bridgehead atoms. The number of benzene rings is 2. The minimum Gasteiger partial charge on any atom is -0.379 e. The second-order valence-electron chi connectivity index (χ2n) is 12.3. The van der Waals surface area contributed by atoms with Crippen molar-refractivity contribution in [2.75, 3.05) is 30.8 Å². The molecule has 0 aromatic heterocycles. The monoisotopic (exact) mass is 652 g/mol. The molecule has 3 aliphatic rings. The summed E-state index contributed by atoms with van der Waals surface area (Å²) in [6.07, 6.45) is 5.36. The van der Waals surface area contributed by atoms with Crippen molar-refractivity contribution in [2.45, 2.75) is 88.4 Å². The molecule has 1 aliphatic carbocycles. The van der Waals surface area contributed by atoms with E-state index in [1.807, 2.05) is 6.92 Å². The molecular formula is C32H43ClF2N4O4S. The summed E-state index contributed by atoms with van der Waals surface area (Å²) in [7, 11) is -3.38. The van der Waals surface area contributed by atoms with Crippen LogP contribution < -0.4 is 16.4 Å².